The molecule has 0 spiro atoms. The van der Waals surface area contributed by atoms with E-state index in [1.54, 1.807) is 60.7 Å². The molecule has 0 saturated carbocycles. The van der Waals surface area contributed by atoms with Crippen molar-refractivity contribution >= 4 is 29.7 Å². The number of benzene rings is 2. The Morgan fingerprint density at radius 3 is 2.04 bits per heavy atom. The summed E-state index contributed by atoms with van der Waals surface area (Å²) < 4.78 is 33.7. The third kappa shape index (κ3) is 8.60. The van der Waals surface area contributed by atoms with Gasteiger partial charge in [0.05, 0.1) is 24.4 Å². The lowest BCUT2D eigenvalue weighted by Crippen LogP contribution is -2.73. The third-order valence-electron chi connectivity index (χ3n) is 7.91. The number of alkyl carbamates (subject to hydrolysis) is 1. The standard InChI is InChI=1S/C31H39F2N5O7/c1-30(2,3)38(18-31(32,33)16-23(38)26(35)41)28(43)25(40)21(14-19-10-6-4-7-11-19)36-27(42)22(15-24(34)39)37-29(44)45-17-20-12-8-5-9-13-20/h4-13,21-23,25,40H,14-18H2,1-3H3,(H5-,34,35,36,37,39,41,42,44)/p+1/t21-,22-,23-,25-,38?/m0/s1. The molecule has 1 saturated heterocycles. The molecular weight excluding hydrogens is 592 g/mol. The second-order valence-corrected chi connectivity index (χ2v) is 12.2. The van der Waals surface area contributed by atoms with E-state index in [-0.39, 0.29) is 13.0 Å². The lowest BCUT2D eigenvalue weighted by Gasteiger charge is -2.47. The minimum atomic E-state index is -3.45. The molecule has 5 atom stereocenters. The van der Waals surface area contributed by atoms with Crippen LogP contribution in [0.2, 0.25) is 0 Å². The fraction of sp³-hybridized carbons (Fsp3) is 0.452. The number of likely N-dealkylation sites (tertiary alicyclic amines) is 1. The number of aliphatic hydroxyl groups is 1. The number of ether oxygens (including phenoxy) is 1. The molecule has 45 heavy (non-hydrogen) atoms. The molecule has 12 nitrogen and oxygen atoms in total. The van der Waals surface area contributed by atoms with Crippen molar-refractivity contribution in [1.82, 2.24) is 10.6 Å². The van der Waals surface area contributed by atoms with Gasteiger partial charge in [0.25, 0.3) is 5.91 Å². The number of amides is 5. The number of rotatable bonds is 12. The van der Waals surface area contributed by atoms with E-state index in [1.807, 2.05) is 0 Å². The fourth-order valence-electron chi connectivity index (χ4n) is 5.68. The van der Waals surface area contributed by atoms with Crippen LogP contribution in [0, 0.1) is 0 Å². The second-order valence-electron chi connectivity index (χ2n) is 12.2. The van der Waals surface area contributed by atoms with Gasteiger partial charge in [-0.25, -0.2) is 22.9 Å². The Morgan fingerprint density at radius 1 is 0.978 bits per heavy atom. The summed E-state index contributed by atoms with van der Waals surface area (Å²) in [6, 6.07) is 12.4. The highest BCUT2D eigenvalue weighted by Gasteiger charge is 2.68. The van der Waals surface area contributed by atoms with Gasteiger partial charge in [0.1, 0.15) is 12.6 Å². The van der Waals surface area contributed by atoms with E-state index in [1.165, 1.54) is 20.8 Å². The molecule has 5 amide bonds. The number of halogens is 2. The van der Waals surface area contributed by atoms with Gasteiger partial charge in [0.15, 0.2) is 18.7 Å². The van der Waals surface area contributed by atoms with E-state index in [4.69, 9.17) is 16.2 Å². The predicted molar refractivity (Wildman–Crippen MR) is 158 cm³/mol. The van der Waals surface area contributed by atoms with Gasteiger partial charge in [-0.2, -0.15) is 0 Å². The van der Waals surface area contributed by atoms with E-state index in [0.717, 1.165) is 0 Å². The molecule has 1 unspecified atom stereocenters. The molecule has 7 N–H and O–H groups in total. The smallest absolute Gasteiger partial charge is 0.408 e. The number of hydrogen-bond donors (Lipinski definition) is 5. The predicted octanol–water partition coefficient (Wildman–Crippen LogP) is 1.28. The van der Waals surface area contributed by atoms with Crippen molar-refractivity contribution in [2.75, 3.05) is 6.54 Å². The Bertz CT molecular complexity index is 1390. The highest BCUT2D eigenvalue weighted by molar-refractivity contribution is 5.91. The molecule has 2 aromatic rings. The Kier molecular flexibility index (Phi) is 11.0. The minimum Gasteiger partial charge on any atom is -0.445 e. The molecule has 244 valence electrons. The van der Waals surface area contributed by atoms with Crippen LogP contribution in [0.4, 0.5) is 13.6 Å². The number of primary amides is 2. The largest absolute Gasteiger partial charge is 0.445 e. The zero-order valence-electron chi connectivity index (χ0n) is 25.4. The number of nitrogens with zero attached hydrogens (tertiary/aromatic N) is 1. The maximum atomic E-state index is 14.9. The summed E-state index contributed by atoms with van der Waals surface area (Å²) in [4.78, 5) is 64.4. The molecule has 3 rings (SSSR count). The van der Waals surface area contributed by atoms with Crippen LogP contribution in [-0.2, 0) is 36.9 Å². The molecule has 0 radical (unpaired) electrons. The summed E-state index contributed by atoms with van der Waals surface area (Å²) in [5, 5.41) is 16.3. The zero-order valence-corrected chi connectivity index (χ0v) is 25.4. The van der Waals surface area contributed by atoms with Crippen molar-refractivity contribution < 1.29 is 47.1 Å². The molecule has 14 heteroatoms. The first-order chi connectivity index (χ1) is 21.0. The molecule has 2 aromatic carbocycles. The van der Waals surface area contributed by atoms with Crippen molar-refractivity contribution in [3.05, 3.63) is 71.8 Å². The highest BCUT2D eigenvalue weighted by Crippen LogP contribution is 2.45. The fourth-order valence-corrected chi connectivity index (χ4v) is 5.68. The van der Waals surface area contributed by atoms with Crippen LogP contribution in [-0.4, -0.2) is 81.5 Å². The highest BCUT2D eigenvalue weighted by atomic mass is 19.3. The Morgan fingerprint density at radius 2 is 1.53 bits per heavy atom. The number of aliphatic hydroxyl groups excluding tert-OH is 1. The van der Waals surface area contributed by atoms with Crippen molar-refractivity contribution in [3.8, 4) is 0 Å². The first-order valence-corrected chi connectivity index (χ1v) is 14.3. The number of nitrogens with two attached hydrogens (primary N) is 2. The quantitative estimate of drug-likeness (QED) is 0.218. The summed E-state index contributed by atoms with van der Waals surface area (Å²) >= 11 is 0. The topological polar surface area (TPSA) is 191 Å². The van der Waals surface area contributed by atoms with E-state index >= 15 is 0 Å². The summed E-state index contributed by atoms with van der Waals surface area (Å²) in [6.45, 7) is 3.21. The van der Waals surface area contributed by atoms with Crippen LogP contribution in [0.25, 0.3) is 0 Å². The molecule has 1 aliphatic rings. The van der Waals surface area contributed by atoms with Gasteiger partial charge in [-0.1, -0.05) is 60.7 Å². The van der Waals surface area contributed by atoms with Crippen molar-refractivity contribution in [2.24, 2.45) is 11.5 Å². The van der Waals surface area contributed by atoms with Crippen molar-refractivity contribution in [3.63, 3.8) is 0 Å². The average molecular weight is 633 g/mol. The Balaban J connectivity index is 1.92. The number of nitrogens with one attached hydrogen (secondary N) is 2. The minimum absolute atomic E-state index is 0.139. The van der Waals surface area contributed by atoms with E-state index < -0.39 is 89.3 Å². The first kappa shape index (κ1) is 35.1. The van der Waals surface area contributed by atoms with E-state index in [2.05, 4.69) is 10.6 Å². The number of carbonyl (C=O) groups is 5. The van der Waals surface area contributed by atoms with Crippen LogP contribution in [0.15, 0.2) is 60.7 Å². The van der Waals surface area contributed by atoms with Gasteiger partial charge in [-0.05, 0) is 38.3 Å². The lowest BCUT2D eigenvalue weighted by atomic mass is 9.93. The summed E-state index contributed by atoms with van der Waals surface area (Å²) in [5.74, 6) is -7.68. The maximum absolute atomic E-state index is 14.9. The van der Waals surface area contributed by atoms with Crippen LogP contribution >= 0.6 is 0 Å². The summed E-state index contributed by atoms with van der Waals surface area (Å²) in [6.07, 6.45) is -4.99. The first-order valence-electron chi connectivity index (χ1n) is 14.3. The molecule has 1 fully saturated rings. The maximum Gasteiger partial charge on any atom is 0.408 e. The van der Waals surface area contributed by atoms with Crippen molar-refractivity contribution in [1.29, 1.82) is 0 Å². The van der Waals surface area contributed by atoms with Gasteiger partial charge in [0.2, 0.25) is 11.8 Å². The summed E-state index contributed by atoms with van der Waals surface area (Å²) in [7, 11) is 0. The van der Waals surface area contributed by atoms with Gasteiger partial charge in [-0.15, -0.1) is 0 Å². The number of alkyl halides is 2. The van der Waals surface area contributed by atoms with Gasteiger partial charge in [0, 0.05) is 0 Å². The van der Waals surface area contributed by atoms with Gasteiger partial charge >= 0.3 is 17.9 Å². The van der Waals surface area contributed by atoms with E-state index in [9.17, 15) is 37.9 Å². The molecule has 1 aliphatic heterocycles. The second kappa shape index (κ2) is 14.1. The third-order valence-corrected chi connectivity index (χ3v) is 7.91. The van der Waals surface area contributed by atoms with Gasteiger partial charge < -0.3 is 31.9 Å². The Hall–Kier alpha value is -4.43. The van der Waals surface area contributed by atoms with Crippen LogP contribution in [0.1, 0.15) is 44.7 Å². The molecule has 0 aromatic heterocycles. The van der Waals surface area contributed by atoms with Gasteiger partial charge in [-0.3, -0.25) is 14.4 Å². The van der Waals surface area contributed by atoms with Crippen LogP contribution < -0.4 is 22.1 Å². The molecule has 0 aliphatic carbocycles. The molecular formula is C31H40F2N5O7+. The lowest BCUT2D eigenvalue weighted by molar-refractivity contribution is -0.907. The summed E-state index contributed by atoms with van der Waals surface area (Å²) in [5.41, 5.74) is 10.7. The van der Waals surface area contributed by atoms with Crippen LogP contribution in [0.5, 0.6) is 0 Å². The molecule has 1 heterocycles. The number of quaternary nitrogens is 1. The number of carbonyl (C=O) groups excluding carboxylic acids is 5. The average Bonchev–Trinajstić information content (AvgIpc) is 3.28. The SMILES string of the molecule is CC(C)(C)[N+]1(C(=O)[C@@H](O)[C@H](Cc2ccccc2)NC(=O)[C@H](CC(N)=O)NC(=O)OCc2ccccc2)CC(F)(F)C[C@H]1C(N)=O. The number of hydrogen-bond acceptors (Lipinski definition) is 7. The Labute approximate surface area is 259 Å². The van der Waals surface area contributed by atoms with E-state index in [0.29, 0.717) is 11.1 Å². The van der Waals surface area contributed by atoms with Crippen LogP contribution in [0.3, 0.4) is 0 Å². The normalized spacial score (nSPS) is 21.2. The molecule has 0 bridgehead atoms. The van der Waals surface area contributed by atoms with Crippen molar-refractivity contribution in [2.45, 2.75) is 82.3 Å². The zero-order chi connectivity index (χ0) is 33.6. The monoisotopic (exact) mass is 632 g/mol.